The molecule has 0 spiro atoms. The highest BCUT2D eigenvalue weighted by molar-refractivity contribution is 5.93. The van der Waals surface area contributed by atoms with E-state index in [-0.39, 0.29) is 24.5 Å². The lowest BCUT2D eigenvalue weighted by atomic mass is 10.0. The van der Waals surface area contributed by atoms with Gasteiger partial charge in [0.25, 0.3) is 0 Å². The third-order valence-corrected chi connectivity index (χ3v) is 5.25. The molecule has 1 aliphatic heterocycles. The number of carbonyl (C=O) groups excluding carboxylic acids is 1. The first kappa shape index (κ1) is 24.3. The molecule has 4 rings (SSSR count). The number of nitrogens with two attached hydrogens (primary N) is 1. The molecule has 0 atom stereocenters. The fourth-order valence-electron chi connectivity index (χ4n) is 3.72. The van der Waals surface area contributed by atoms with Crippen molar-refractivity contribution in [2.24, 2.45) is 16.2 Å². The fraction of sp³-hybridized carbons (Fsp3) is 0.300. The Morgan fingerprint density at radius 3 is 2.49 bits per heavy atom. The van der Waals surface area contributed by atoms with E-state index in [2.05, 4.69) is 25.4 Å². The molecule has 2 N–H and O–H groups in total. The minimum absolute atomic E-state index is 0.111. The summed E-state index contributed by atoms with van der Waals surface area (Å²) in [7, 11) is 0. The van der Waals surface area contributed by atoms with E-state index in [9.17, 15) is 31.1 Å². The maximum absolute atomic E-state index is 13.1. The highest BCUT2D eigenvalue weighted by Crippen LogP contribution is 2.31. The van der Waals surface area contributed by atoms with E-state index in [1.807, 2.05) is 0 Å². The number of rotatable bonds is 4. The number of hydrogen-bond acceptors (Lipinski definition) is 6. The van der Waals surface area contributed by atoms with Gasteiger partial charge in [-0.2, -0.15) is 31.4 Å². The number of pyridine rings is 2. The lowest BCUT2D eigenvalue weighted by Gasteiger charge is -2.29. The first-order valence-corrected chi connectivity index (χ1v) is 10.0. The van der Waals surface area contributed by atoms with E-state index in [1.165, 1.54) is 12.1 Å². The zero-order valence-corrected chi connectivity index (χ0v) is 17.7. The van der Waals surface area contributed by atoms with E-state index in [4.69, 9.17) is 5.84 Å². The summed E-state index contributed by atoms with van der Waals surface area (Å²) in [5, 5.41) is 9.70. The molecule has 0 saturated heterocycles. The van der Waals surface area contributed by atoms with Gasteiger partial charge in [-0.1, -0.05) is 10.3 Å². The summed E-state index contributed by atoms with van der Waals surface area (Å²) in [4.78, 5) is 21.6. The van der Waals surface area contributed by atoms with Crippen LogP contribution in [0.5, 0.6) is 0 Å². The molecule has 35 heavy (non-hydrogen) atoms. The van der Waals surface area contributed by atoms with Gasteiger partial charge in [-0.15, -0.1) is 0 Å². The van der Waals surface area contributed by atoms with Crippen LogP contribution >= 0.6 is 0 Å². The maximum atomic E-state index is 13.1. The standard InChI is InChI=1S/C20H16F6N8O/c21-19(22,23)16-3-6-34(31-16)15-8-13(18(35)30-32-27)29-14-10-33(5-2-12(14)15)9-11-1-4-28-17(7-11)20(24,25)26/h1,3-4,6-8H,2,5,9-10H2,(H2,27,30,35). The first-order chi connectivity index (χ1) is 16.5. The number of carbonyl (C=O) groups is 1. The van der Waals surface area contributed by atoms with Gasteiger partial charge < -0.3 is 5.84 Å². The van der Waals surface area contributed by atoms with E-state index in [1.54, 1.807) is 4.90 Å². The van der Waals surface area contributed by atoms with Crippen LogP contribution in [0.15, 0.2) is 47.0 Å². The molecule has 0 fully saturated rings. The van der Waals surface area contributed by atoms with Crippen molar-refractivity contribution in [1.29, 1.82) is 0 Å². The molecule has 3 aromatic heterocycles. The Morgan fingerprint density at radius 2 is 1.83 bits per heavy atom. The Hall–Kier alpha value is -3.88. The number of alkyl halides is 6. The molecule has 15 heteroatoms. The quantitative estimate of drug-likeness (QED) is 0.254. The highest BCUT2D eigenvalue weighted by Gasteiger charge is 2.35. The molecule has 3 aromatic rings. The molecule has 184 valence electrons. The minimum atomic E-state index is -4.67. The molecule has 0 bridgehead atoms. The summed E-state index contributed by atoms with van der Waals surface area (Å²) in [6.45, 7) is 0.609. The summed E-state index contributed by atoms with van der Waals surface area (Å²) in [6.07, 6.45) is -6.78. The van der Waals surface area contributed by atoms with Crippen molar-refractivity contribution in [1.82, 2.24) is 24.6 Å². The van der Waals surface area contributed by atoms with Crippen LogP contribution in [0.1, 0.15) is 38.7 Å². The number of amides is 1. The summed E-state index contributed by atoms with van der Waals surface area (Å²) >= 11 is 0. The topological polar surface area (TPSA) is 115 Å². The number of aromatic nitrogens is 4. The van der Waals surface area contributed by atoms with Crippen LogP contribution in [-0.4, -0.2) is 37.1 Å². The number of nitrogens with zero attached hydrogens (tertiary/aromatic N) is 7. The average Bonchev–Trinajstić information content (AvgIpc) is 3.29. The van der Waals surface area contributed by atoms with Gasteiger partial charge in [0.05, 0.1) is 11.4 Å². The molecular weight excluding hydrogens is 482 g/mol. The number of fused-ring (bicyclic) bond motifs is 1. The van der Waals surface area contributed by atoms with Crippen LogP contribution in [0.25, 0.3) is 5.69 Å². The predicted molar refractivity (Wildman–Crippen MR) is 107 cm³/mol. The van der Waals surface area contributed by atoms with E-state index >= 15 is 0 Å². The second-order valence-electron chi connectivity index (χ2n) is 7.62. The summed E-state index contributed by atoms with van der Waals surface area (Å²) in [5.41, 5.74) is -0.906. The molecule has 0 radical (unpaired) electrons. The van der Waals surface area contributed by atoms with Crippen LogP contribution in [0.3, 0.4) is 0 Å². The molecule has 0 unspecified atom stereocenters. The SMILES string of the molecule is NN=NC(=O)c1cc(-n2ccc(C(F)(F)F)n2)c2c(n1)CN(Cc1ccnc(C(F)(F)F)c1)CC2. The summed E-state index contributed by atoms with van der Waals surface area (Å²) in [5.74, 6) is 4.01. The van der Waals surface area contributed by atoms with Gasteiger partial charge in [0.1, 0.15) is 11.4 Å². The molecule has 0 aromatic carbocycles. The largest absolute Gasteiger partial charge is 0.435 e. The third-order valence-electron chi connectivity index (χ3n) is 5.25. The average molecular weight is 498 g/mol. The number of hydrogen-bond donors (Lipinski definition) is 1. The minimum Gasteiger partial charge on any atom is -0.304 e. The first-order valence-electron chi connectivity index (χ1n) is 10.0. The predicted octanol–water partition coefficient (Wildman–Crippen LogP) is 3.72. The van der Waals surface area contributed by atoms with Crippen LogP contribution < -0.4 is 5.84 Å². The van der Waals surface area contributed by atoms with Crippen molar-refractivity contribution >= 4 is 5.91 Å². The monoisotopic (exact) mass is 498 g/mol. The molecule has 9 nitrogen and oxygen atoms in total. The van der Waals surface area contributed by atoms with E-state index in [0.717, 1.165) is 29.2 Å². The number of halogens is 6. The van der Waals surface area contributed by atoms with Gasteiger partial charge >= 0.3 is 18.3 Å². The molecular formula is C20H16F6N8O. The Morgan fingerprint density at radius 1 is 1.09 bits per heavy atom. The van der Waals surface area contributed by atoms with Gasteiger partial charge in [0.15, 0.2) is 5.69 Å². The zero-order valence-electron chi connectivity index (χ0n) is 17.7. The van der Waals surface area contributed by atoms with Crippen molar-refractivity contribution < 1.29 is 31.1 Å². The second-order valence-corrected chi connectivity index (χ2v) is 7.62. The second kappa shape index (κ2) is 9.05. The van der Waals surface area contributed by atoms with Crippen LogP contribution in [0, 0.1) is 0 Å². The van der Waals surface area contributed by atoms with Gasteiger partial charge in [-0.05, 0) is 36.2 Å². The molecule has 4 heterocycles. The van der Waals surface area contributed by atoms with Crippen molar-refractivity contribution in [3.63, 3.8) is 0 Å². The lowest BCUT2D eigenvalue weighted by molar-refractivity contribution is -0.142. The Bertz CT molecular complexity index is 1280. The normalized spacial score (nSPS) is 14.9. The van der Waals surface area contributed by atoms with Gasteiger partial charge in [-0.3, -0.25) is 14.7 Å². The van der Waals surface area contributed by atoms with E-state index < -0.39 is 29.6 Å². The van der Waals surface area contributed by atoms with Gasteiger partial charge in [-0.25, -0.2) is 9.67 Å². The lowest BCUT2D eigenvalue weighted by Crippen LogP contribution is -2.32. The Kier molecular flexibility index (Phi) is 6.27. The van der Waals surface area contributed by atoms with Crippen LogP contribution in [0.4, 0.5) is 26.3 Å². The Balaban J connectivity index is 1.68. The van der Waals surface area contributed by atoms with Gasteiger partial charge in [0.2, 0.25) is 0 Å². The molecule has 0 aliphatic carbocycles. The van der Waals surface area contributed by atoms with Crippen molar-refractivity contribution in [2.75, 3.05) is 6.54 Å². The van der Waals surface area contributed by atoms with E-state index in [0.29, 0.717) is 29.8 Å². The van der Waals surface area contributed by atoms with Crippen LogP contribution in [0.2, 0.25) is 0 Å². The fourth-order valence-corrected chi connectivity index (χ4v) is 3.72. The van der Waals surface area contributed by atoms with Gasteiger partial charge in [0, 0.05) is 37.6 Å². The Labute approximate surface area is 193 Å². The summed E-state index contributed by atoms with van der Waals surface area (Å²) in [6, 6.07) is 4.44. The maximum Gasteiger partial charge on any atom is 0.435 e. The molecule has 1 aliphatic rings. The zero-order chi connectivity index (χ0) is 25.4. The smallest absolute Gasteiger partial charge is 0.304 e. The van der Waals surface area contributed by atoms with Crippen molar-refractivity contribution in [3.05, 3.63) is 70.6 Å². The van der Waals surface area contributed by atoms with Crippen LogP contribution in [-0.2, 0) is 31.9 Å². The molecule has 1 amide bonds. The van der Waals surface area contributed by atoms with Crippen molar-refractivity contribution in [2.45, 2.75) is 31.9 Å². The van der Waals surface area contributed by atoms with Crippen molar-refractivity contribution in [3.8, 4) is 5.69 Å². The highest BCUT2D eigenvalue weighted by atomic mass is 19.4. The third kappa shape index (κ3) is 5.29. The summed E-state index contributed by atoms with van der Waals surface area (Å²) < 4.78 is 79.1. The molecule has 0 saturated carbocycles.